The molecular formula is C19H30O2. The molecule has 2 fully saturated rings. The van der Waals surface area contributed by atoms with E-state index in [9.17, 15) is 9.90 Å². The van der Waals surface area contributed by atoms with Crippen LogP contribution in [0.5, 0.6) is 0 Å². The van der Waals surface area contributed by atoms with Crippen LogP contribution in [0.25, 0.3) is 0 Å². The first kappa shape index (κ1) is 15.3. The molecular weight excluding hydrogens is 260 g/mol. The molecule has 0 bridgehead atoms. The van der Waals surface area contributed by atoms with E-state index in [-0.39, 0.29) is 12.0 Å². The van der Waals surface area contributed by atoms with Gasteiger partial charge in [0.15, 0.2) is 5.78 Å². The molecule has 6 atom stereocenters. The summed E-state index contributed by atoms with van der Waals surface area (Å²) < 4.78 is 0. The smallest absolute Gasteiger partial charge is 0.158 e. The molecule has 0 aromatic rings. The second-order valence-corrected chi connectivity index (χ2v) is 7.87. The van der Waals surface area contributed by atoms with Crippen molar-refractivity contribution in [2.45, 2.75) is 71.3 Å². The summed E-state index contributed by atoms with van der Waals surface area (Å²) in [5.74, 6) is 3.49. The Morgan fingerprint density at radius 1 is 1.05 bits per heavy atom. The lowest BCUT2D eigenvalue weighted by molar-refractivity contribution is -0.119. The molecule has 0 saturated heterocycles. The van der Waals surface area contributed by atoms with Gasteiger partial charge in [0.05, 0.1) is 6.10 Å². The van der Waals surface area contributed by atoms with Crippen LogP contribution in [0.2, 0.25) is 0 Å². The minimum Gasteiger partial charge on any atom is -0.393 e. The van der Waals surface area contributed by atoms with Gasteiger partial charge < -0.3 is 5.11 Å². The SMILES string of the molecule is CC1CC2C(=CC1=O)CCC1C(C)CCC(O)CCCC21. The quantitative estimate of drug-likeness (QED) is 0.728. The van der Waals surface area contributed by atoms with Crippen LogP contribution in [0.4, 0.5) is 0 Å². The Bertz CT molecular complexity index is 425. The van der Waals surface area contributed by atoms with Crippen molar-refractivity contribution in [2.24, 2.45) is 29.6 Å². The predicted molar refractivity (Wildman–Crippen MR) is 84.8 cm³/mol. The summed E-state index contributed by atoms with van der Waals surface area (Å²) in [5.41, 5.74) is 1.45. The Hall–Kier alpha value is -0.630. The molecule has 0 radical (unpaired) electrons. The first-order valence-corrected chi connectivity index (χ1v) is 8.98. The van der Waals surface area contributed by atoms with Crippen molar-refractivity contribution in [1.82, 2.24) is 0 Å². The Morgan fingerprint density at radius 2 is 1.86 bits per heavy atom. The van der Waals surface area contributed by atoms with Gasteiger partial charge in [-0.05, 0) is 74.7 Å². The van der Waals surface area contributed by atoms with E-state index in [0.29, 0.717) is 11.7 Å². The summed E-state index contributed by atoms with van der Waals surface area (Å²) in [7, 11) is 0. The number of carbonyl (C=O) groups excluding carboxylic acids is 1. The van der Waals surface area contributed by atoms with Gasteiger partial charge in [0.2, 0.25) is 0 Å². The average Bonchev–Trinajstić information content (AvgIpc) is 2.52. The molecule has 2 saturated carbocycles. The standard InChI is InChI=1S/C19H30O2/c1-12-6-8-15(20)4-3-5-17-16(12)9-7-14-11-19(21)13(2)10-18(14)17/h11-13,15-18,20H,3-10H2,1-2H3. The first-order chi connectivity index (χ1) is 10.1. The maximum Gasteiger partial charge on any atom is 0.158 e. The molecule has 2 heteroatoms. The van der Waals surface area contributed by atoms with Gasteiger partial charge in [-0.25, -0.2) is 0 Å². The summed E-state index contributed by atoms with van der Waals surface area (Å²) in [5, 5.41) is 10.0. The average molecular weight is 290 g/mol. The van der Waals surface area contributed by atoms with Crippen molar-refractivity contribution in [3.8, 4) is 0 Å². The lowest BCUT2D eigenvalue weighted by atomic mass is 9.60. The van der Waals surface area contributed by atoms with Gasteiger partial charge in [0, 0.05) is 5.92 Å². The van der Waals surface area contributed by atoms with Gasteiger partial charge in [0.25, 0.3) is 0 Å². The number of aliphatic hydroxyl groups excluding tert-OH is 1. The molecule has 3 rings (SSSR count). The van der Waals surface area contributed by atoms with E-state index in [1.54, 1.807) is 0 Å². The minimum atomic E-state index is -0.0885. The monoisotopic (exact) mass is 290 g/mol. The fourth-order valence-corrected chi connectivity index (χ4v) is 5.16. The number of rotatable bonds is 0. The molecule has 0 aliphatic heterocycles. The van der Waals surface area contributed by atoms with Crippen molar-refractivity contribution >= 4 is 5.78 Å². The van der Waals surface area contributed by atoms with Gasteiger partial charge in [-0.1, -0.05) is 25.8 Å². The number of ketones is 1. The third-order valence-corrected chi connectivity index (χ3v) is 6.49. The second kappa shape index (κ2) is 6.24. The highest BCUT2D eigenvalue weighted by atomic mass is 16.3. The zero-order chi connectivity index (χ0) is 15.0. The van der Waals surface area contributed by atoms with Crippen molar-refractivity contribution in [3.05, 3.63) is 11.6 Å². The maximum absolute atomic E-state index is 12.0. The number of aliphatic hydroxyl groups is 1. The molecule has 0 heterocycles. The molecule has 2 nitrogen and oxygen atoms in total. The summed E-state index contributed by atoms with van der Waals surface area (Å²) in [4.78, 5) is 12.0. The lowest BCUT2D eigenvalue weighted by Crippen LogP contribution is -2.37. The highest BCUT2D eigenvalue weighted by Gasteiger charge is 2.41. The van der Waals surface area contributed by atoms with Crippen molar-refractivity contribution in [3.63, 3.8) is 0 Å². The maximum atomic E-state index is 12.0. The van der Waals surface area contributed by atoms with E-state index in [4.69, 9.17) is 0 Å². The van der Waals surface area contributed by atoms with Crippen LogP contribution < -0.4 is 0 Å². The van der Waals surface area contributed by atoms with Crippen LogP contribution in [0.1, 0.15) is 65.2 Å². The Labute approximate surface area is 129 Å². The topological polar surface area (TPSA) is 37.3 Å². The highest BCUT2D eigenvalue weighted by molar-refractivity contribution is 5.93. The zero-order valence-corrected chi connectivity index (χ0v) is 13.6. The molecule has 6 unspecified atom stereocenters. The molecule has 0 spiro atoms. The summed E-state index contributed by atoms with van der Waals surface area (Å²) in [6.07, 6.45) is 10.9. The van der Waals surface area contributed by atoms with Gasteiger partial charge in [-0.3, -0.25) is 4.79 Å². The summed E-state index contributed by atoms with van der Waals surface area (Å²) in [6.45, 7) is 4.49. The van der Waals surface area contributed by atoms with Gasteiger partial charge in [-0.2, -0.15) is 0 Å². The third-order valence-electron chi connectivity index (χ3n) is 6.49. The number of fused-ring (bicyclic) bond motifs is 3. The van der Waals surface area contributed by atoms with Gasteiger partial charge >= 0.3 is 0 Å². The van der Waals surface area contributed by atoms with E-state index in [1.165, 1.54) is 24.8 Å². The Morgan fingerprint density at radius 3 is 2.67 bits per heavy atom. The minimum absolute atomic E-state index is 0.0885. The highest BCUT2D eigenvalue weighted by Crippen LogP contribution is 2.49. The molecule has 0 aromatic heterocycles. The number of allylic oxidation sites excluding steroid dienone is 2. The molecule has 3 aliphatic rings. The fraction of sp³-hybridized carbons (Fsp3) is 0.842. The van der Waals surface area contributed by atoms with Gasteiger partial charge in [0.1, 0.15) is 0 Å². The third kappa shape index (κ3) is 3.11. The number of carbonyl (C=O) groups is 1. The van der Waals surface area contributed by atoms with Crippen LogP contribution in [0.3, 0.4) is 0 Å². The molecule has 21 heavy (non-hydrogen) atoms. The summed E-state index contributed by atoms with van der Waals surface area (Å²) in [6, 6.07) is 0. The van der Waals surface area contributed by atoms with E-state index in [1.807, 2.05) is 6.08 Å². The Balaban J connectivity index is 1.83. The largest absolute Gasteiger partial charge is 0.393 e. The predicted octanol–water partition coefficient (Wildman–Crippen LogP) is 4.13. The Kier molecular flexibility index (Phi) is 4.54. The molecule has 3 aliphatic carbocycles. The van der Waals surface area contributed by atoms with Crippen molar-refractivity contribution in [1.29, 1.82) is 0 Å². The van der Waals surface area contributed by atoms with Crippen LogP contribution in [0, 0.1) is 29.6 Å². The molecule has 0 aromatic carbocycles. The lowest BCUT2D eigenvalue weighted by Gasteiger charge is -2.45. The van der Waals surface area contributed by atoms with E-state index in [0.717, 1.165) is 49.9 Å². The van der Waals surface area contributed by atoms with Crippen molar-refractivity contribution in [2.75, 3.05) is 0 Å². The zero-order valence-electron chi connectivity index (χ0n) is 13.6. The fourth-order valence-electron chi connectivity index (χ4n) is 5.16. The van der Waals surface area contributed by atoms with E-state index >= 15 is 0 Å². The number of hydrogen-bond acceptors (Lipinski definition) is 2. The van der Waals surface area contributed by atoms with E-state index in [2.05, 4.69) is 13.8 Å². The van der Waals surface area contributed by atoms with Crippen LogP contribution in [0.15, 0.2) is 11.6 Å². The number of hydrogen-bond donors (Lipinski definition) is 1. The normalized spacial score (nSPS) is 44.7. The van der Waals surface area contributed by atoms with Crippen LogP contribution in [-0.2, 0) is 4.79 Å². The second-order valence-electron chi connectivity index (χ2n) is 7.87. The first-order valence-electron chi connectivity index (χ1n) is 8.98. The van der Waals surface area contributed by atoms with Gasteiger partial charge in [-0.15, -0.1) is 0 Å². The van der Waals surface area contributed by atoms with Crippen LogP contribution in [-0.4, -0.2) is 17.0 Å². The molecule has 1 N–H and O–H groups in total. The summed E-state index contributed by atoms with van der Waals surface area (Å²) >= 11 is 0. The van der Waals surface area contributed by atoms with Crippen molar-refractivity contribution < 1.29 is 9.90 Å². The molecule has 118 valence electrons. The van der Waals surface area contributed by atoms with E-state index < -0.39 is 0 Å². The van der Waals surface area contributed by atoms with Crippen LogP contribution >= 0.6 is 0 Å². The molecule has 0 amide bonds.